The van der Waals surface area contributed by atoms with Gasteiger partial charge in [-0.25, -0.2) is 0 Å². The number of aryl methyl sites for hydroxylation is 2. The lowest BCUT2D eigenvalue weighted by Crippen LogP contribution is -1.94. The number of hydrogen-bond acceptors (Lipinski definition) is 1. The fourth-order valence-electron chi connectivity index (χ4n) is 2.97. The van der Waals surface area contributed by atoms with Gasteiger partial charge in [0.2, 0.25) is 0 Å². The third kappa shape index (κ3) is 3.13. The van der Waals surface area contributed by atoms with Crippen LogP contribution in [0.2, 0.25) is 0 Å². The van der Waals surface area contributed by atoms with Gasteiger partial charge in [-0.2, -0.15) is 0 Å². The van der Waals surface area contributed by atoms with E-state index in [4.69, 9.17) is 5.41 Å². The molecule has 2 aromatic carbocycles. The van der Waals surface area contributed by atoms with Crippen LogP contribution in [0, 0.1) is 25.2 Å². The van der Waals surface area contributed by atoms with Crippen molar-refractivity contribution < 1.29 is 0 Å². The molecule has 1 nitrogen and oxygen atoms in total. The highest BCUT2D eigenvalue weighted by Gasteiger charge is 2.27. The van der Waals surface area contributed by atoms with Crippen LogP contribution >= 0.6 is 0 Å². The highest BCUT2D eigenvalue weighted by Crippen LogP contribution is 2.43. The first-order chi connectivity index (χ1) is 10.2. The zero-order valence-electron chi connectivity index (χ0n) is 12.7. The lowest BCUT2D eigenvalue weighted by molar-refractivity contribution is 1.15. The standard InChI is InChI=1S/C20H21N/c1-14-9-15(2)11-16(10-14)12-20(17-7-8-17)19-6-4-3-5-18(19)13-21/h3-6,9-13,17,21H,7-8H2,1-2H3/b20-12+,21-13?. The highest BCUT2D eigenvalue weighted by atomic mass is 14.4. The molecule has 0 amide bonds. The van der Waals surface area contributed by atoms with E-state index in [-0.39, 0.29) is 0 Å². The van der Waals surface area contributed by atoms with Crippen LogP contribution in [0.1, 0.15) is 40.7 Å². The average Bonchev–Trinajstić information content (AvgIpc) is 3.28. The molecular weight excluding hydrogens is 254 g/mol. The summed E-state index contributed by atoms with van der Waals surface area (Å²) in [6.07, 6.45) is 6.32. The minimum atomic E-state index is 0.659. The zero-order chi connectivity index (χ0) is 14.8. The van der Waals surface area contributed by atoms with Crippen LogP contribution in [0.3, 0.4) is 0 Å². The molecule has 1 heteroatoms. The first-order valence-corrected chi connectivity index (χ1v) is 7.57. The maximum absolute atomic E-state index is 7.63. The minimum absolute atomic E-state index is 0.659. The van der Waals surface area contributed by atoms with Crippen molar-refractivity contribution in [2.45, 2.75) is 26.7 Å². The van der Waals surface area contributed by atoms with Gasteiger partial charge in [-0.1, -0.05) is 59.7 Å². The van der Waals surface area contributed by atoms with Crippen molar-refractivity contribution >= 4 is 17.9 Å². The molecule has 0 heterocycles. The molecule has 0 unspecified atom stereocenters. The molecule has 21 heavy (non-hydrogen) atoms. The summed E-state index contributed by atoms with van der Waals surface area (Å²) >= 11 is 0. The Balaban J connectivity index is 2.09. The van der Waals surface area contributed by atoms with Crippen LogP contribution in [0.15, 0.2) is 42.5 Å². The summed E-state index contributed by atoms with van der Waals surface area (Å²) in [5.74, 6) is 0.659. The highest BCUT2D eigenvalue weighted by molar-refractivity contribution is 5.93. The second-order valence-corrected chi connectivity index (χ2v) is 6.03. The number of rotatable bonds is 4. The zero-order valence-corrected chi connectivity index (χ0v) is 12.7. The van der Waals surface area contributed by atoms with E-state index in [1.807, 2.05) is 12.1 Å². The Bertz CT molecular complexity index is 685. The Morgan fingerprint density at radius 3 is 2.33 bits per heavy atom. The summed E-state index contributed by atoms with van der Waals surface area (Å²) in [5, 5.41) is 7.63. The van der Waals surface area contributed by atoms with Crippen LogP contribution < -0.4 is 0 Å². The van der Waals surface area contributed by atoms with E-state index >= 15 is 0 Å². The molecule has 1 aliphatic rings. The van der Waals surface area contributed by atoms with E-state index in [9.17, 15) is 0 Å². The number of allylic oxidation sites excluding steroid dienone is 1. The Labute approximate surface area is 126 Å². The fourth-order valence-corrected chi connectivity index (χ4v) is 2.97. The van der Waals surface area contributed by atoms with Gasteiger partial charge in [0.25, 0.3) is 0 Å². The molecule has 1 saturated carbocycles. The predicted molar refractivity (Wildman–Crippen MR) is 90.8 cm³/mol. The minimum Gasteiger partial charge on any atom is -0.308 e. The second-order valence-electron chi connectivity index (χ2n) is 6.03. The van der Waals surface area contributed by atoms with Gasteiger partial charge in [-0.3, -0.25) is 0 Å². The molecule has 0 radical (unpaired) electrons. The maximum atomic E-state index is 7.63. The van der Waals surface area contributed by atoms with Gasteiger partial charge in [-0.05, 0) is 54.9 Å². The van der Waals surface area contributed by atoms with Crippen LogP contribution in [0.5, 0.6) is 0 Å². The van der Waals surface area contributed by atoms with Crippen molar-refractivity contribution in [2.24, 2.45) is 5.92 Å². The summed E-state index contributed by atoms with van der Waals surface area (Å²) in [5.41, 5.74) is 7.50. The quantitative estimate of drug-likeness (QED) is 0.582. The SMILES string of the molecule is Cc1cc(C)cc(/C=C(/c2ccccc2C=N)C2CC2)c1. The van der Waals surface area contributed by atoms with Gasteiger partial charge in [0.1, 0.15) is 0 Å². The molecule has 0 aliphatic heterocycles. The summed E-state index contributed by atoms with van der Waals surface area (Å²) in [4.78, 5) is 0. The van der Waals surface area contributed by atoms with E-state index in [1.54, 1.807) is 0 Å². The van der Waals surface area contributed by atoms with Gasteiger partial charge < -0.3 is 5.41 Å². The fraction of sp³-hybridized carbons (Fsp3) is 0.250. The Morgan fingerprint density at radius 2 is 1.71 bits per heavy atom. The first kappa shape index (κ1) is 13.8. The van der Waals surface area contributed by atoms with Crippen LogP contribution in [-0.4, -0.2) is 6.21 Å². The molecular formula is C20H21N. The lowest BCUT2D eigenvalue weighted by atomic mass is 9.94. The first-order valence-electron chi connectivity index (χ1n) is 7.57. The summed E-state index contributed by atoms with van der Waals surface area (Å²) in [7, 11) is 0. The van der Waals surface area contributed by atoms with Crippen molar-refractivity contribution in [3.05, 3.63) is 70.3 Å². The van der Waals surface area contributed by atoms with Crippen molar-refractivity contribution in [1.82, 2.24) is 0 Å². The monoisotopic (exact) mass is 275 g/mol. The smallest absolute Gasteiger partial charge is 0.0256 e. The predicted octanol–water partition coefficient (Wildman–Crippen LogP) is 5.25. The Hall–Kier alpha value is -2.15. The van der Waals surface area contributed by atoms with E-state index in [0.29, 0.717) is 5.92 Å². The van der Waals surface area contributed by atoms with Crippen molar-refractivity contribution in [1.29, 1.82) is 5.41 Å². The van der Waals surface area contributed by atoms with E-state index in [1.165, 1.54) is 46.9 Å². The summed E-state index contributed by atoms with van der Waals surface area (Å²) < 4.78 is 0. The molecule has 0 saturated heterocycles. The topological polar surface area (TPSA) is 23.9 Å². The molecule has 0 bridgehead atoms. The number of benzene rings is 2. The van der Waals surface area contributed by atoms with Gasteiger partial charge >= 0.3 is 0 Å². The van der Waals surface area contributed by atoms with E-state index in [2.05, 4.69) is 50.3 Å². The molecule has 0 atom stereocenters. The van der Waals surface area contributed by atoms with Crippen molar-refractivity contribution in [3.63, 3.8) is 0 Å². The largest absolute Gasteiger partial charge is 0.308 e. The average molecular weight is 275 g/mol. The molecule has 0 aromatic heterocycles. The van der Waals surface area contributed by atoms with Gasteiger partial charge in [0.05, 0.1) is 0 Å². The molecule has 1 aliphatic carbocycles. The van der Waals surface area contributed by atoms with Gasteiger partial charge in [0, 0.05) is 6.21 Å². The molecule has 106 valence electrons. The third-order valence-corrected chi connectivity index (χ3v) is 4.01. The summed E-state index contributed by atoms with van der Waals surface area (Å²) in [6.45, 7) is 4.29. The lowest BCUT2D eigenvalue weighted by Gasteiger charge is -2.11. The number of nitrogens with one attached hydrogen (secondary N) is 1. The van der Waals surface area contributed by atoms with E-state index < -0.39 is 0 Å². The summed E-state index contributed by atoms with van der Waals surface area (Å²) in [6, 6.07) is 14.9. The Morgan fingerprint density at radius 1 is 1.05 bits per heavy atom. The van der Waals surface area contributed by atoms with Gasteiger partial charge in [0.15, 0.2) is 0 Å². The number of hydrogen-bond donors (Lipinski definition) is 1. The molecule has 1 N–H and O–H groups in total. The second kappa shape index (κ2) is 5.69. The molecule has 1 fully saturated rings. The van der Waals surface area contributed by atoms with Crippen molar-refractivity contribution in [2.75, 3.05) is 0 Å². The normalized spacial score (nSPS) is 15.0. The van der Waals surface area contributed by atoms with Crippen molar-refractivity contribution in [3.8, 4) is 0 Å². The van der Waals surface area contributed by atoms with Crippen LogP contribution in [0.25, 0.3) is 11.6 Å². The molecule has 0 spiro atoms. The van der Waals surface area contributed by atoms with Crippen LogP contribution in [0.4, 0.5) is 0 Å². The van der Waals surface area contributed by atoms with Gasteiger partial charge in [-0.15, -0.1) is 0 Å². The van der Waals surface area contributed by atoms with Crippen LogP contribution in [-0.2, 0) is 0 Å². The molecule has 3 rings (SSSR count). The third-order valence-electron chi connectivity index (χ3n) is 4.01. The molecule has 2 aromatic rings. The maximum Gasteiger partial charge on any atom is 0.0256 e. The van der Waals surface area contributed by atoms with E-state index in [0.717, 1.165) is 5.56 Å². The Kier molecular flexibility index (Phi) is 3.74.